The number of carbonyl (C=O) groups is 1. The van der Waals surface area contributed by atoms with Crippen molar-refractivity contribution in [1.82, 2.24) is 19.6 Å². The fourth-order valence-corrected chi connectivity index (χ4v) is 3.47. The van der Waals surface area contributed by atoms with Gasteiger partial charge >= 0.3 is 0 Å². The van der Waals surface area contributed by atoms with Gasteiger partial charge in [-0.15, -0.1) is 0 Å². The smallest absolute Gasteiger partial charge is 0.277 e. The lowest BCUT2D eigenvalue weighted by Crippen LogP contribution is -2.23. The van der Waals surface area contributed by atoms with E-state index in [1.807, 2.05) is 37.3 Å². The molecule has 4 aromatic rings. The molecule has 0 saturated heterocycles. The van der Waals surface area contributed by atoms with E-state index in [1.165, 1.54) is 4.52 Å². The SMILES string of the molecule is CCOc1ccc(NC(=O)CCc2c(C)nc3nc(NCc4ccccc4)[nH]n3c2=O)cc1. The van der Waals surface area contributed by atoms with E-state index in [4.69, 9.17) is 4.74 Å². The number of anilines is 2. The topological polar surface area (TPSA) is 113 Å². The van der Waals surface area contributed by atoms with Crippen molar-refractivity contribution in [3.63, 3.8) is 0 Å². The molecule has 3 N–H and O–H groups in total. The van der Waals surface area contributed by atoms with Gasteiger partial charge in [0.2, 0.25) is 11.9 Å². The molecule has 9 nitrogen and oxygen atoms in total. The number of nitrogens with one attached hydrogen (secondary N) is 3. The predicted octanol–water partition coefficient (Wildman–Crippen LogP) is 3.31. The van der Waals surface area contributed by atoms with Gasteiger partial charge in [0.25, 0.3) is 11.3 Å². The van der Waals surface area contributed by atoms with Crippen molar-refractivity contribution in [2.24, 2.45) is 0 Å². The Morgan fingerprint density at radius 2 is 1.85 bits per heavy atom. The molecule has 2 aromatic heterocycles. The molecule has 0 bridgehead atoms. The molecule has 0 aliphatic heterocycles. The highest BCUT2D eigenvalue weighted by atomic mass is 16.5. The number of carbonyl (C=O) groups excluding carboxylic acids is 1. The lowest BCUT2D eigenvalue weighted by atomic mass is 10.1. The average Bonchev–Trinajstić information content (AvgIpc) is 3.23. The number of nitrogens with zero attached hydrogens (tertiary/aromatic N) is 3. The van der Waals surface area contributed by atoms with Crippen LogP contribution in [0.4, 0.5) is 11.6 Å². The van der Waals surface area contributed by atoms with Crippen LogP contribution in [0.5, 0.6) is 5.75 Å². The maximum absolute atomic E-state index is 13.0. The van der Waals surface area contributed by atoms with Gasteiger partial charge in [0.1, 0.15) is 5.75 Å². The molecule has 0 atom stereocenters. The second kappa shape index (κ2) is 9.99. The Morgan fingerprint density at radius 1 is 1.09 bits per heavy atom. The quantitative estimate of drug-likeness (QED) is 0.364. The molecular formula is C24H26N6O3. The van der Waals surface area contributed by atoms with Gasteiger partial charge in [0, 0.05) is 24.2 Å². The number of ether oxygens (including phenoxy) is 1. The van der Waals surface area contributed by atoms with Crippen LogP contribution >= 0.6 is 0 Å². The monoisotopic (exact) mass is 446 g/mol. The molecule has 170 valence electrons. The Bertz CT molecular complexity index is 1300. The third-order valence-corrected chi connectivity index (χ3v) is 5.15. The first-order valence-electron chi connectivity index (χ1n) is 10.8. The van der Waals surface area contributed by atoms with Crippen molar-refractivity contribution in [1.29, 1.82) is 0 Å². The van der Waals surface area contributed by atoms with Crippen LogP contribution in [0, 0.1) is 6.92 Å². The molecule has 33 heavy (non-hydrogen) atoms. The maximum Gasteiger partial charge on any atom is 0.277 e. The number of hydrogen-bond donors (Lipinski definition) is 3. The maximum atomic E-state index is 13.0. The summed E-state index contributed by atoms with van der Waals surface area (Å²) in [6.45, 7) is 4.82. The largest absolute Gasteiger partial charge is 0.494 e. The van der Waals surface area contributed by atoms with Gasteiger partial charge in [-0.05, 0) is 50.1 Å². The highest BCUT2D eigenvalue weighted by molar-refractivity contribution is 5.90. The van der Waals surface area contributed by atoms with Gasteiger partial charge < -0.3 is 15.4 Å². The predicted molar refractivity (Wildman–Crippen MR) is 127 cm³/mol. The number of benzene rings is 2. The lowest BCUT2D eigenvalue weighted by Gasteiger charge is -2.08. The molecule has 0 aliphatic rings. The molecule has 4 rings (SSSR count). The number of H-pyrrole nitrogens is 1. The first-order valence-corrected chi connectivity index (χ1v) is 10.8. The van der Waals surface area contributed by atoms with Gasteiger partial charge in [-0.1, -0.05) is 30.3 Å². The molecule has 9 heteroatoms. The second-order valence-electron chi connectivity index (χ2n) is 7.53. The summed E-state index contributed by atoms with van der Waals surface area (Å²) in [6.07, 6.45) is 0.430. The van der Waals surface area contributed by atoms with Gasteiger partial charge in [0.05, 0.1) is 12.3 Å². The Morgan fingerprint density at radius 3 is 2.58 bits per heavy atom. The van der Waals surface area contributed by atoms with Gasteiger partial charge in [-0.3, -0.25) is 14.7 Å². The molecule has 0 unspecified atom stereocenters. The summed E-state index contributed by atoms with van der Waals surface area (Å²) in [5.74, 6) is 1.30. The van der Waals surface area contributed by atoms with Crippen molar-refractivity contribution >= 4 is 23.3 Å². The van der Waals surface area contributed by atoms with E-state index >= 15 is 0 Å². The molecule has 0 radical (unpaired) electrons. The molecule has 0 fully saturated rings. The molecule has 0 aliphatic carbocycles. The molecule has 2 heterocycles. The normalized spacial score (nSPS) is 10.8. The van der Waals surface area contributed by atoms with E-state index in [9.17, 15) is 9.59 Å². The van der Waals surface area contributed by atoms with Crippen LogP contribution in [-0.2, 0) is 17.8 Å². The zero-order valence-corrected chi connectivity index (χ0v) is 18.6. The number of aromatic nitrogens is 4. The van der Waals surface area contributed by atoms with Crippen LogP contribution in [-0.4, -0.2) is 32.1 Å². The third-order valence-electron chi connectivity index (χ3n) is 5.15. The van der Waals surface area contributed by atoms with E-state index in [1.54, 1.807) is 31.2 Å². The Labute approximate surface area is 190 Å². The summed E-state index contributed by atoms with van der Waals surface area (Å²) in [5, 5.41) is 8.96. The van der Waals surface area contributed by atoms with E-state index < -0.39 is 0 Å². The van der Waals surface area contributed by atoms with E-state index in [0.717, 1.165) is 11.3 Å². The van der Waals surface area contributed by atoms with Crippen LogP contribution < -0.4 is 20.9 Å². The Hall–Kier alpha value is -4.14. The summed E-state index contributed by atoms with van der Waals surface area (Å²) < 4.78 is 6.71. The first-order chi connectivity index (χ1) is 16.0. The number of rotatable bonds is 9. The zero-order valence-electron chi connectivity index (χ0n) is 18.6. The minimum absolute atomic E-state index is 0.157. The fourth-order valence-electron chi connectivity index (χ4n) is 3.47. The standard InChI is InChI=1S/C24H26N6O3/c1-3-33-19-11-9-18(10-12-19)27-21(31)14-13-20-16(2)26-24-28-23(29-30(24)22(20)32)25-15-17-7-5-4-6-8-17/h4-12H,3,13-15H2,1-2H3,(H,27,31)(H2,25,26,28,29). The van der Waals surface area contributed by atoms with Gasteiger partial charge in [-0.2, -0.15) is 9.50 Å². The fraction of sp³-hybridized carbons (Fsp3) is 0.250. The summed E-state index contributed by atoms with van der Waals surface area (Å²) in [5.41, 5.74) is 2.55. The first kappa shape index (κ1) is 22.1. The molecule has 2 aromatic carbocycles. The highest BCUT2D eigenvalue weighted by Gasteiger charge is 2.15. The van der Waals surface area contributed by atoms with Crippen molar-refractivity contribution in [2.75, 3.05) is 17.2 Å². The minimum atomic E-state index is -0.258. The number of fused-ring (bicyclic) bond motifs is 1. The van der Waals surface area contributed by atoms with Crippen LogP contribution in [0.1, 0.15) is 30.2 Å². The van der Waals surface area contributed by atoms with Crippen molar-refractivity contribution in [3.05, 3.63) is 81.8 Å². The van der Waals surface area contributed by atoms with Gasteiger partial charge in [0.15, 0.2) is 0 Å². The van der Waals surface area contributed by atoms with Crippen LogP contribution in [0.3, 0.4) is 0 Å². The molecule has 0 saturated carbocycles. The molecule has 1 amide bonds. The number of hydrogen-bond acceptors (Lipinski definition) is 6. The van der Waals surface area contributed by atoms with Gasteiger partial charge in [-0.25, -0.2) is 4.98 Å². The minimum Gasteiger partial charge on any atom is -0.494 e. The number of aromatic amines is 1. The summed E-state index contributed by atoms with van der Waals surface area (Å²) >= 11 is 0. The zero-order chi connectivity index (χ0) is 23.2. The highest BCUT2D eigenvalue weighted by Crippen LogP contribution is 2.16. The van der Waals surface area contributed by atoms with E-state index in [2.05, 4.69) is 25.7 Å². The lowest BCUT2D eigenvalue weighted by molar-refractivity contribution is -0.116. The van der Waals surface area contributed by atoms with E-state index in [0.29, 0.717) is 36.0 Å². The third kappa shape index (κ3) is 5.38. The molecular weight excluding hydrogens is 420 g/mol. The summed E-state index contributed by atoms with van der Waals surface area (Å²) in [4.78, 5) is 34.2. The number of aryl methyl sites for hydroxylation is 1. The summed E-state index contributed by atoms with van der Waals surface area (Å²) in [7, 11) is 0. The number of amides is 1. The van der Waals surface area contributed by atoms with Crippen molar-refractivity contribution in [2.45, 2.75) is 33.2 Å². The average molecular weight is 447 g/mol. The van der Waals surface area contributed by atoms with Crippen molar-refractivity contribution in [3.8, 4) is 5.75 Å². The summed E-state index contributed by atoms with van der Waals surface area (Å²) in [6, 6.07) is 17.0. The van der Waals surface area contributed by atoms with E-state index in [-0.39, 0.29) is 30.1 Å². The van der Waals surface area contributed by atoms with Crippen LogP contribution in [0.15, 0.2) is 59.4 Å². The second-order valence-corrected chi connectivity index (χ2v) is 7.53. The van der Waals surface area contributed by atoms with Crippen molar-refractivity contribution < 1.29 is 9.53 Å². The van der Waals surface area contributed by atoms with Crippen LogP contribution in [0.25, 0.3) is 5.78 Å². The Balaban J connectivity index is 1.41. The Kier molecular flexibility index (Phi) is 6.68. The molecule has 0 spiro atoms. The van der Waals surface area contributed by atoms with Crippen LogP contribution in [0.2, 0.25) is 0 Å².